The second kappa shape index (κ2) is 2.80. The second-order valence-electron chi connectivity index (χ2n) is 3.56. The van der Waals surface area contributed by atoms with E-state index in [-0.39, 0.29) is 0 Å². The van der Waals surface area contributed by atoms with Crippen LogP contribution in [0.1, 0.15) is 19.9 Å². The first-order valence-corrected chi connectivity index (χ1v) is 4.48. The van der Waals surface area contributed by atoms with Crippen LogP contribution in [0.2, 0.25) is 0 Å². The zero-order valence-electron chi connectivity index (χ0n) is 7.86. The van der Waals surface area contributed by atoms with Gasteiger partial charge in [-0.05, 0) is 38.1 Å². The van der Waals surface area contributed by atoms with Crippen molar-refractivity contribution in [3.63, 3.8) is 0 Å². The van der Waals surface area contributed by atoms with Gasteiger partial charge in [-0.25, -0.2) is 0 Å². The summed E-state index contributed by atoms with van der Waals surface area (Å²) in [7, 11) is 0. The average Bonchev–Trinajstić information content (AvgIpc) is 2.46. The molecule has 0 amide bonds. The number of phenols is 1. The fourth-order valence-corrected chi connectivity index (χ4v) is 1.60. The predicted octanol–water partition coefficient (Wildman–Crippen LogP) is 2.93. The van der Waals surface area contributed by atoms with Gasteiger partial charge in [0.1, 0.15) is 5.75 Å². The maximum Gasteiger partial charge on any atom is 0.116 e. The number of aromatic nitrogens is 1. The summed E-state index contributed by atoms with van der Waals surface area (Å²) in [6.45, 7) is 4.29. The zero-order chi connectivity index (χ0) is 9.42. The highest BCUT2D eigenvalue weighted by Crippen LogP contribution is 2.23. The van der Waals surface area contributed by atoms with Crippen LogP contribution in [-0.2, 0) is 0 Å². The average molecular weight is 175 g/mol. The lowest BCUT2D eigenvalue weighted by molar-refractivity contribution is 0.476. The summed E-state index contributed by atoms with van der Waals surface area (Å²) >= 11 is 0. The zero-order valence-corrected chi connectivity index (χ0v) is 7.86. The number of hydrogen-bond donors (Lipinski definition) is 1. The number of aromatic hydroxyl groups is 1. The lowest BCUT2D eigenvalue weighted by Gasteiger charge is -2.08. The number of fused-ring (bicyclic) bond motifs is 1. The van der Waals surface area contributed by atoms with E-state index >= 15 is 0 Å². The van der Waals surface area contributed by atoms with Crippen LogP contribution in [0.3, 0.4) is 0 Å². The molecule has 0 saturated carbocycles. The molecule has 68 valence electrons. The third-order valence-corrected chi connectivity index (χ3v) is 2.26. The molecule has 2 rings (SSSR count). The van der Waals surface area contributed by atoms with Gasteiger partial charge < -0.3 is 9.67 Å². The van der Waals surface area contributed by atoms with E-state index in [2.05, 4.69) is 24.6 Å². The van der Waals surface area contributed by atoms with Crippen LogP contribution >= 0.6 is 0 Å². The fraction of sp³-hybridized carbons (Fsp3) is 0.273. The fourth-order valence-electron chi connectivity index (χ4n) is 1.60. The SMILES string of the molecule is CC(C)n1ccc2cc(O)ccc21. The minimum absolute atomic E-state index is 0.328. The van der Waals surface area contributed by atoms with E-state index in [0.717, 1.165) is 5.39 Å². The number of benzene rings is 1. The molecule has 0 bridgehead atoms. The monoisotopic (exact) mass is 175 g/mol. The van der Waals surface area contributed by atoms with Gasteiger partial charge in [0.05, 0.1) is 0 Å². The minimum Gasteiger partial charge on any atom is -0.508 e. The summed E-state index contributed by atoms with van der Waals surface area (Å²) in [4.78, 5) is 0. The third kappa shape index (κ3) is 1.28. The molecule has 0 fully saturated rings. The van der Waals surface area contributed by atoms with Crippen molar-refractivity contribution < 1.29 is 5.11 Å². The molecule has 0 aliphatic heterocycles. The topological polar surface area (TPSA) is 25.2 Å². The highest BCUT2D eigenvalue weighted by atomic mass is 16.3. The molecule has 2 nitrogen and oxygen atoms in total. The first-order chi connectivity index (χ1) is 6.18. The molecule has 1 aromatic heterocycles. The van der Waals surface area contributed by atoms with E-state index in [1.807, 2.05) is 12.1 Å². The van der Waals surface area contributed by atoms with Gasteiger partial charge in [-0.2, -0.15) is 0 Å². The summed E-state index contributed by atoms with van der Waals surface area (Å²) < 4.78 is 2.19. The standard InChI is InChI=1S/C11H13NO/c1-8(2)12-6-5-9-7-10(13)3-4-11(9)12/h3-8,13H,1-2H3. The number of phenolic OH excluding ortho intramolecular Hbond substituents is 1. The van der Waals surface area contributed by atoms with Crippen LogP contribution in [0.4, 0.5) is 0 Å². The van der Waals surface area contributed by atoms with Crippen molar-refractivity contribution in [2.45, 2.75) is 19.9 Å². The van der Waals surface area contributed by atoms with E-state index < -0.39 is 0 Å². The van der Waals surface area contributed by atoms with Crippen LogP contribution in [0.15, 0.2) is 30.5 Å². The van der Waals surface area contributed by atoms with Crippen molar-refractivity contribution in [3.05, 3.63) is 30.5 Å². The Morgan fingerprint density at radius 1 is 1.23 bits per heavy atom. The summed E-state index contributed by atoms with van der Waals surface area (Å²) in [5, 5.41) is 10.4. The Labute approximate surface area is 77.4 Å². The van der Waals surface area contributed by atoms with Gasteiger partial charge in [0.15, 0.2) is 0 Å². The molecule has 0 atom stereocenters. The molecule has 0 unspecified atom stereocenters. The van der Waals surface area contributed by atoms with Gasteiger partial charge in [-0.1, -0.05) is 0 Å². The van der Waals surface area contributed by atoms with Crippen LogP contribution in [0, 0.1) is 0 Å². The molecule has 1 aromatic carbocycles. The third-order valence-electron chi connectivity index (χ3n) is 2.26. The van der Waals surface area contributed by atoms with Gasteiger partial charge in [0, 0.05) is 23.1 Å². The minimum atomic E-state index is 0.328. The van der Waals surface area contributed by atoms with E-state index in [1.54, 1.807) is 12.1 Å². The summed E-state index contributed by atoms with van der Waals surface area (Å²) in [5.41, 5.74) is 1.17. The molecule has 0 radical (unpaired) electrons. The van der Waals surface area contributed by atoms with Gasteiger partial charge >= 0.3 is 0 Å². The molecule has 0 aliphatic rings. The quantitative estimate of drug-likeness (QED) is 0.708. The van der Waals surface area contributed by atoms with Crippen LogP contribution < -0.4 is 0 Å². The number of hydrogen-bond acceptors (Lipinski definition) is 1. The Kier molecular flexibility index (Phi) is 1.76. The Morgan fingerprint density at radius 2 is 2.00 bits per heavy atom. The van der Waals surface area contributed by atoms with Crippen molar-refractivity contribution in [3.8, 4) is 5.75 Å². The second-order valence-corrected chi connectivity index (χ2v) is 3.56. The normalized spacial score (nSPS) is 11.3. The van der Waals surface area contributed by atoms with E-state index in [9.17, 15) is 5.11 Å². The Bertz CT molecular complexity index is 429. The highest BCUT2D eigenvalue weighted by molar-refractivity contribution is 5.81. The lowest BCUT2D eigenvalue weighted by Crippen LogP contribution is -1.97. The van der Waals surface area contributed by atoms with E-state index in [1.165, 1.54) is 5.52 Å². The maximum absolute atomic E-state index is 9.27. The molecule has 2 heteroatoms. The number of nitrogens with zero attached hydrogens (tertiary/aromatic N) is 1. The molecular formula is C11H13NO. The Balaban J connectivity index is 2.69. The number of rotatable bonds is 1. The molecule has 0 saturated heterocycles. The molecule has 0 spiro atoms. The van der Waals surface area contributed by atoms with Crippen molar-refractivity contribution in [1.82, 2.24) is 4.57 Å². The summed E-state index contributed by atoms with van der Waals surface area (Å²) in [6, 6.07) is 7.94. The molecule has 13 heavy (non-hydrogen) atoms. The predicted molar refractivity (Wildman–Crippen MR) is 54.0 cm³/mol. The first kappa shape index (κ1) is 8.17. The van der Waals surface area contributed by atoms with E-state index in [0.29, 0.717) is 11.8 Å². The van der Waals surface area contributed by atoms with Gasteiger partial charge in [-0.15, -0.1) is 0 Å². The van der Waals surface area contributed by atoms with Crippen LogP contribution in [0.25, 0.3) is 10.9 Å². The molecule has 2 aromatic rings. The van der Waals surface area contributed by atoms with Crippen LogP contribution in [-0.4, -0.2) is 9.67 Å². The van der Waals surface area contributed by atoms with Gasteiger partial charge in [0.25, 0.3) is 0 Å². The Morgan fingerprint density at radius 3 is 2.69 bits per heavy atom. The largest absolute Gasteiger partial charge is 0.508 e. The molecule has 1 N–H and O–H groups in total. The van der Waals surface area contributed by atoms with Crippen molar-refractivity contribution in [1.29, 1.82) is 0 Å². The maximum atomic E-state index is 9.27. The highest BCUT2D eigenvalue weighted by Gasteiger charge is 2.03. The molecular weight excluding hydrogens is 162 g/mol. The molecule has 1 heterocycles. The lowest BCUT2D eigenvalue weighted by atomic mass is 10.2. The van der Waals surface area contributed by atoms with E-state index in [4.69, 9.17) is 0 Å². The van der Waals surface area contributed by atoms with Crippen molar-refractivity contribution >= 4 is 10.9 Å². The van der Waals surface area contributed by atoms with Gasteiger partial charge in [0.2, 0.25) is 0 Å². The molecule has 0 aliphatic carbocycles. The first-order valence-electron chi connectivity index (χ1n) is 4.48. The summed E-state index contributed by atoms with van der Waals surface area (Å²) in [6.07, 6.45) is 2.05. The van der Waals surface area contributed by atoms with Gasteiger partial charge in [-0.3, -0.25) is 0 Å². The Hall–Kier alpha value is -1.44. The smallest absolute Gasteiger partial charge is 0.116 e. The van der Waals surface area contributed by atoms with Crippen molar-refractivity contribution in [2.75, 3.05) is 0 Å². The van der Waals surface area contributed by atoms with Crippen LogP contribution in [0.5, 0.6) is 5.75 Å². The van der Waals surface area contributed by atoms with Crippen molar-refractivity contribution in [2.24, 2.45) is 0 Å². The summed E-state index contributed by atoms with van der Waals surface area (Å²) in [5.74, 6) is 0.328.